The van der Waals surface area contributed by atoms with E-state index >= 15 is 0 Å². The quantitative estimate of drug-likeness (QED) is 0.579. The van der Waals surface area contributed by atoms with Crippen molar-refractivity contribution in [3.05, 3.63) is 58.6 Å². The molecule has 0 bridgehead atoms. The van der Waals surface area contributed by atoms with Crippen LogP contribution in [0.3, 0.4) is 0 Å². The molecule has 172 valence electrons. The third kappa shape index (κ3) is 5.14. The third-order valence-electron chi connectivity index (χ3n) is 5.77. The Morgan fingerprint density at radius 3 is 2.42 bits per heavy atom. The third-order valence-corrected chi connectivity index (χ3v) is 6.89. The van der Waals surface area contributed by atoms with Crippen molar-refractivity contribution in [2.75, 3.05) is 67.7 Å². The highest BCUT2D eigenvalue weighted by atomic mass is 35.5. The fraction of sp³-hybridized carbons (Fsp3) is 0.333. The Morgan fingerprint density at radius 2 is 1.70 bits per heavy atom. The average Bonchev–Trinajstić information content (AvgIpc) is 3.36. The highest BCUT2D eigenvalue weighted by molar-refractivity contribution is 7.13. The predicted molar refractivity (Wildman–Crippen MR) is 133 cm³/mol. The molecule has 0 radical (unpaired) electrons. The van der Waals surface area contributed by atoms with Crippen LogP contribution in [-0.2, 0) is 9.47 Å². The molecule has 0 saturated carbocycles. The number of thiazole rings is 1. The molecular formula is C24H25ClN4O3S. The lowest BCUT2D eigenvalue weighted by Crippen LogP contribution is -2.38. The van der Waals surface area contributed by atoms with Gasteiger partial charge in [0.2, 0.25) is 0 Å². The molecule has 2 aliphatic rings. The monoisotopic (exact) mass is 484 g/mol. The summed E-state index contributed by atoms with van der Waals surface area (Å²) < 4.78 is 11.0. The van der Waals surface area contributed by atoms with Crippen LogP contribution >= 0.6 is 22.9 Å². The Kier molecular flexibility index (Phi) is 6.78. The van der Waals surface area contributed by atoms with E-state index in [1.807, 2.05) is 30.3 Å². The molecule has 2 saturated heterocycles. The molecule has 1 aromatic heterocycles. The van der Waals surface area contributed by atoms with E-state index < -0.39 is 0 Å². The van der Waals surface area contributed by atoms with Gasteiger partial charge in [0.15, 0.2) is 0 Å². The van der Waals surface area contributed by atoms with Gasteiger partial charge in [0.25, 0.3) is 5.91 Å². The van der Waals surface area contributed by atoms with Gasteiger partial charge in [0.05, 0.1) is 37.8 Å². The zero-order valence-electron chi connectivity index (χ0n) is 18.1. The van der Waals surface area contributed by atoms with Crippen molar-refractivity contribution >= 4 is 45.9 Å². The molecule has 3 heterocycles. The lowest BCUT2D eigenvalue weighted by Gasteiger charge is -2.33. The van der Waals surface area contributed by atoms with Gasteiger partial charge in [-0.25, -0.2) is 4.98 Å². The second kappa shape index (κ2) is 10.1. The first-order valence-electron chi connectivity index (χ1n) is 11.0. The molecule has 5 rings (SSSR count). The summed E-state index contributed by atoms with van der Waals surface area (Å²) in [6.07, 6.45) is 0. The van der Waals surface area contributed by atoms with Gasteiger partial charge in [-0.05, 0) is 30.3 Å². The Morgan fingerprint density at radius 1 is 0.970 bits per heavy atom. The van der Waals surface area contributed by atoms with Crippen LogP contribution in [0.5, 0.6) is 0 Å². The van der Waals surface area contributed by atoms with Gasteiger partial charge >= 0.3 is 0 Å². The standard InChI is InChI=1S/C24H25ClN4O3S/c25-18-3-1-2-17(14-18)24-27-21(16-33-24)23(30)26-20-5-4-19(28-6-10-31-11-7-28)15-22(20)29-8-12-32-13-9-29/h1-5,14-16H,6-13H2,(H,26,30). The molecule has 2 aromatic carbocycles. The molecule has 2 fully saturated rings. The number of carbonyl (C=O) groups is 1. The van der Waals surface area contributed by atoms with Crippen molar-refractivity contribution < 1.29 is 14.3 Å². The maximum absolute atomic E-state index is 13.1. The van der Waals surface area contributed by atoms with Crippen LogP contribution in [0.1, 0.15) is 10.5 Å². The van der Waals surface area contributed by atoms with Gasteiger partial charge in [-0.3, -0.25) is 4.79 Å². The molecule has 2 aliphatic heterocycles. The Balaban J connectivity index is 1.39. The van der Waals surface area contributed by atoms with E-state index in [-0.39, 0.29) is 5.91 Å². The summed E-state index contributed by atoms with van der Waals surface area (Å²) in [5.74, 6) is -0.229. The Labute approximate surface area is 201 Å². The predicted octanol–water partition coefficient (Wildman–Crippen LogP) is 4.39. The van der Waals surface area contributed by atoms with E-state index in [0.29, 0.717) is 23.9 Å². The molecule has 0 aliphatic carbocycles. The van der Waals surface area contributed by atoms with Crippen molar-refractivity contribution in [2.24, 2.45) is 0 Å². The average molecular weight is 485 g/mol. The number of aromatic nitrogens is 1. The fourth-order valence-electron chi connectivity index (χ4n) is 4.03. The first-order chi connectivity index (χ1) is 16.2. The molecule has 7 nitrogen and oxygen atoms in total. The molecular weight excluding hydrogens is 460 g/mol. The minimum atomic E-state index is -0.229. The van der Waals surface area contributed by atoms with E-state index in [4.69, 9.17) is 21.1 Å². The summed E-state index contributed by atoms with van der Waals surface area (Å²) in [7, 11) is 0. The van der Waals surface area contributed by atoms with Crippen LogP contribution in [0.15, 0.2) is 47.8 Å². The van der Waals surface area contributed by atoms with Gasteiger partial charge in [-0.15, -0.1) is 11.3 Å². The van der Waals surface area contributed by atoms with Crippen molar-refractivity contribution in [1.29, 1.82) is 0 Å². The lowest BCUT2D eigenvalue weighted by atomic mass is 10.1. The summed E-state index contributed by atoms with van der Waals surface area (Å²) in [6, 6.07) is 13.7. The number of halogens is 1. The molecule has 1 N–H and O–H groups in total. The molecule has 0 spiro atoms. The molecule has 1 amide bonds. The summed E-state index contributed by atoms with van der Waals surface area (Å²) in [4.78, 5) is 22.2. The van der Waals surface area contributed by atoms with Crippen molar-refractivity contribution in [3.8, 4) is 10.6 Å². The number of carbonyl (C=O) groups excluding carboxylic acids is 1. The fourth-order valence-corrected chi connectivity index (χ4v) is 5.02. The van der Waals surface area contributed by atoms with E-state index in [2.05, 4.69) is 32.2 Å². The number of rotatable bonds is 5. The summed E-state index contributed by atoms with van der Waals surface area (Å²) in [5, 5.41) is 6.27. The summed E-state index contributed by atoms with van der Waals surface area (Å²) in [5.41, 5.74) is 4.20. The number of morpholine rings is 2. The number of anilines is 3. The van der Waals surface area contributed by atoms with E-state index in [1.165, 1.54) is 11.3 Å². The van der Waals surface area contributed by atoms with Crippen LogP contribution in [0.2, 0.25) is 5.02 Å². The second-order valence-electron chi connectivity index (χ2n) is 7.90. The van der Waals surface area contributed by atoms with Crippen molar-refractivity contribution in [3.63, 3.8) is 0 Å². The maximum atomic E-state index is 13.1. The minimum Gasteiger partial charge on any atom is -0.378 e. The number of ether oxygens (including phenoxy) is 2. The molecule has 3 aromatic rings. The number of nitrogens with zero attached hydrogens (tertiary/aromatic N) is 3. The molecule has 33 heavy (non-hydrogen) atoms. The molecule has 9 heteroatoms. The normalized spacial score (nSPS) is 16.6. The topological polar surface area (TPSA) is 66.9 Å². The van der Waals surface area contributed by atoms with Crippen LogP contribution in [0.25, 0.3) is 10.6 Å². The first-order valence-corrected chi connectivity index (χ1v) is 12.3. The molecule has 0 atom stereocenters. The van der Waals surface area contributed by atoms with Gasteiger partial charge < -0.3 is 24.6 Å². The Hall–Kier alpha value is -2.65. The van der Waals surface area contributed by atoms with Crippen LogP contribution < -0.4 is 15.1 Å². The van der Waals surface area contributed by atoms with E-state index in [0.717, 1.165) is 67.0 Å². The SMILES string of the molecule is O=C(Nc1ccc(N2CCOCC2)cc1N1CCOCC1)c1csc(-c2cccc(Cl)c2)n1. The maximum Gasteiger partial charge on any atom is 0.275 e. The van der Waals surface area contributed by atoms with Crippen LogP contribution in [0, 0.1) is 0 Å². The van der Waals surface area contributed by atoms with E-state index in [9.17, 15) is 4.79 Å². The largest absolute Gasteiger partial charge is 0.378 e. The highest BCUT2D eigenvalue weighted by Crippen LogP contribution is 2.33. The first kappa shape index (κ1) is 22.2. The zero-order valence-corrected chi connectivity index (χ0v) is 19.7. The summed E-state index contributed by atoms with van der Waals surface area (Å²) >= 11 is 7.53. The van der Waals surface area contributed by atoms with Crippen molar-refractivity contribution in [1.82, 2.24) is 4.98 Å². The van der Waals surface area contributed by atoms with Gasteiger partial charge in [0.1, 0.15) is 10.7 Å². The van der Waals surface area contributed by atoms with Crippen molar-refractivity contribution in [2.45, 2.75) is 0 Å². The van der Waals surface area contributed by atoms with Gasteiger partial charge in [-0.1, -0.05) is 23.7 Å². The highest BCUT2D eigenvalue weighted by Gasteiger charge is 2.21. The lowest BCUT2D eigenvalue weighted by molar-refractivity contribution is 0.102. The number of nitrogens with one attached hydrogen (secondary N) is 1. The van der Waals surface area contributed by atoms with Crippen LogP contribution in [-0.4, -0.2) is 63.5 Å². The number of hydrogen-bond acceptors (Lipinski definition) is 7. The second-order valence-corrected chi connectivity index (χ2v) is 9.20. The molecule has 0 unspecified atom stereocenters. The smallest absolute Gasteiger partial charge is 0.275 e. The van der Waals surface area contributed by atoms with Gasteiger partial charge in [0, 0.05) is 47.8 Å². The summed E-state index contributed by atoms with van der Waals surface area (Å²) in [6.45, 7) is 6.08. The van der Waals surface area contributed by atoms with E-state index in [1.54, 1.807) is 5.38 Å². The van der Waals surface area contributed by atoms with Crippen LogP contribution in [0.4, 0.5) is 17.1 Å². The number of hydrogen-bond donors (Lipinski definition) is 1. The number of benzene rings is 2. The zero-order chi connectivity index (χ0) is 22.6. The Bertz CT molecular complexity index is 1130. The number of amides is 1. The minimum absolute atomic E-state index is 0.229. The van der Waals surface area contributed by atoms with Gasteiger partial charge in [-0.2, -0.15) is 0 Å².